The lowest BCUT2D eigenvalue weighted by Gasteiger charge is -2.15. The number of nitrogens with zero attached hydrogens (tertiary/aromatic N) is 2. The van der Waals surface area contributed by atoms with Crippen LogP contribution in [0.5, 0.6) is 5.75 Å². The van der Waals surface area contributed by atoms with E-state index in [-0.39, 0.29) is 16.6 Å². The van der Waals surface area contributed by atoms with Gasteiger partial charge in [0.15, 0.2) is 5.17 Å². The highest BCUT2D eigenvalue weighted by Gasteiger charge is 2.33. The molecule has 0 saturated carbocycles. The molecule has 1 heterocycles. The number of hydrogen-bond donors (Lipinski definition) is 0. The number of benzene rings is 4. The van der Waals surface area contributed by atoms with Crippen molar-refractivity contribution in [3.8, 4) is 5.75 Å². The average molecular weight is 575 g/mol. The van der Waals surface area contributed by atoms with Crippen molar-refractivity contribution in [1.29, 1.82) is 0 Å². The first-order valence-electron chi connectivity index (χ1n) is 12.0. The van der Waals surface area contributed by atoms with Crippen molar-refractivity contribution in [3.05, 3.63) is 136 Å². The highest BCUT2D eigenvalue weighted by molar-refractivity contribution is 8.18. The number of amidine groups is 1. The zero-order valence-electron chi connectivity index (χ0n) is 20.6. The third-order valence-electron chi connectivity index (χ3n) is 5.82. The molecule has 0 aliphatic carbocycles. The second-order valence-electron chi connectivity index (χ2n) is 8.60. The van der Waals surface area contributed by atoms with E-state index in [2.05, 4.69) is 0 Å². The molecule has 1 saturated heterocycles. The first-order chi connectivity index (χ1) is 18.9. The summed E-state index contributed by atoms with van der Waals surface area (Å²) in [5.74, 6) is -0.108. The molecule has 196 valence electrons. The molecule has 0 N–H and O–H groups in total. The minimum Gasteiger partial charge on any atom is -0.378 e. The van der Waals surface area contributed by atoms with Gasteiger partial charge in [0, 0.05) is 10.6 Å². The molecular formula is C30H23ClN2O4S2. The van der Waals surface area contributed by atoms with E-state index in [0.717, 1.165) is 11.1 Å². The van der Waals surface area contributed by atoms with E-state index in [4.69, 9.17) is 20.8 Å². The largest absolute Gasteiger partial charge is 0.378 e. The number of carbonyl (C=O) groups excluding carboxylic acids is 1. The second kappa shape index (κ2) is 11.9. The monoisotopic (exact) mass is 574 g/mol. The summed E-state index contributed by atoms with van der Waals surface area (Å²) in [4.78, 5) is 20.4. The number of carbonyl (C=O) groups is 1. The smallest absolute Gasteiger partial charge is 0.339 e. The fraction of sp³-hybridized carbons (Fsp3) is 0.0667. The topological polar surface area (TPSA) is 76.0 Å². The number of thioether (sulfide) groups is 1. The van der Waals surface area contributed by atoms with E-state index in [1.165, 1.54) is 36.0 Å². The standard InChI is InChI=1S/C30H23ClN2O4S2/c31-25-15-17-26(18-16-25)39(35,36)37-27-14-8-7-13-24(27)19-28-29(34)33(21-23-11-5-2-6-12-23)30(38-28)32-20-22-9-3-1-4-10-22/h1-19H,20-21H2/b28-19+,32-30?. The van der Waals surface area contributed by atoms with Crippen molar-refractivity contribution < 1.29 is 17.4 Å². The summed E-state index contributed by atoms with van der Waals surface area (Å²) >= 11 is 7.15. The first-order valence-corrected chi connectivity index (χ1v) is 14.6. The zero-order chi connectivity index (χ0) is 27.2. The minimum atomic E-state index is -4.11. The average Bonchev–Trinajstić information content (AvgIpc) is 3.23. The third kappa shape index (κ3) is 6.60. The molecule has 5 rings (SSSR count). The van der Waals surface area contributed by atoms with Crippen LogP contribution in [-0.2, 0) is 28.0 Å². The van der Waals surface area contributed by atoms with Crippen molar-refractivity contribution in [1.82, 2.24) is 4.90 Å². The second-order valence-corrected chi connectivity index (χ2v) is 11.6. The van der Waals surface area contributed by atoms with Gasteiger partial charge in [-0.1, -0.05) is 90.5 Å². The summed E-state index contributed by atoms with van der Waals surface area (Å²) in [6.07, 6.45) is 1.64. The lowest BCUT2D eigenvalue weighted by Crippen LogP contribution is -2.28. The molecule has 39 heavy (non-hydrogen) atoms. The van der Waals surface area contributed by atoms with Gasteiger partial charge in [-0.25, -0.2) is 0 Å². The molecule has 1 amide bonds. The van der Waals surface area contributed by atoms with Crippen LogP contribution in [0.2, 0.25) is 5.02 Å². The Balaban J connectivity index is 1.45. The molecule has 4 aromatic rings. The van der Waals surface area contributed by atoms with Gasteiger partial charge in [0.25, 0.3) is 5.91 Å². The zero-order valence-corrected chi connectivity index (χ0v) is 23.0. The minimum absolute atomic E-state index is 0.0231. The van der Waals surface area contributed by atoms with Crippen LogP contribution < -0.4 is 4.18 Å². The summed E-state index contributed by atoms with van der Waals surface area (Å²) in [6, 6.07) is 31.9. The van der Waals surface area contributed by atoms with Crippen molar-refractivity contribution in [2.24, 2.45) is 4.99 Å². The lowest BCUT2D eigenvalue weighted by molar-refractivity contribution is -0.122. The fourth-order valence-corrected chi connectivity index (χ4v) is 5.90. The number of para-hydroxylation sites is 1. The highest BCUT2D eigenvalue weighted by atomic mass is 35.5. The maximum absolute atomic E-state index is 13.6. The summed E-state index contributed by atoms with van der Waals surface area (Å²) < 4.78 is 31.3. The van der Waals surface area contributed by atoms with Crippen molar-refractivity contribution in [2.45, 2.75) is 18.0 Å². The Morgan fingerprint density at radius 3 is 2.13 bits per heavy atom. The third-order valence-corrected chi connectivity index (χ3v) is 8.36. The van der Waals surface area contributed by atoms with Gasteiger partial charge in [0.2, 0.25) is 0 Å². The van der Waals surface area contributed by atoms with Crippen molar-refractivity contribution in [2.75, 3.05) is 0 Å². The van der Waals surface area contributed by atoms with E-state index >= 15 is 0 Å². The molecule has 0 radical (unpaired) electrons. The van der Waals surface area contributed by atoms with Crippen LogP contribution in [-0.4, -0.2) is 24.4 Å². The van der Waals surface area contributed by atoms with Gasteiger partial charge in [-0.2, -0.15) is 8.42 Å². The summed E-state index contributed by atoms with van der Waals surface area (Å²) in [6.45, 7) is 0.786. The Bertz CT molecular complexity index is 1640. The van der Waals surface area contributed by atoms with Crippen LogP contribution >= 0.6 is 23.4 Å². The van der Waals surface area contributed by atoms with E-state index < -0.39 is 10.1 Å². The normalized spacial score (nSPS) is 15.7. The maximum Gasteiger partial charge on any atom is 0.339 e. The van der Waals surface area contributed by atoms with Gasteiger partial charge in [-0.15, -0.1) is 0 Å². The van der Waals surface area contributed by atoms with Crippen molar-refractivity contribution >= 4 is 50.6 Å². The summed E-state index contributed by atoms with van der Waals surface area (Å²) in [5, 5.41) is 0.992. The Labute approximate surface area is 236 Å². The molecule has 1 fully saturated rings. The fourth-order valence-electron chi connectivity index (χ4n) is 3.86. The maximum atomic E-state index is 13.6. The van der Waals surface area contributed by atoms with E-state index in [9.17, 15) is 13.2 Å². The summed E-state index contributed by atoms with van der Waals surface area (Å²) in [5.41, 5.74) is 2.45. The van der Waals surface area contributed by atoms with Crippen molar-refractivity contribution in [3.63, 3.8) is 0 Å². The van der Waals surface area contributed by atoms with E-state index in [1.807, 2.05) is 60.7 Å². The lowest BCUT2D eigenvalue weighted by atomic mass is 10.2. The number of amides is 1. The molecule has 0 bridgehead atoms. The van der Waals surface area contributed by atoms with Crippen LogP contribution in [0.3, 0.4) is 0 Å². The van der Waals surface area contributed by atoms with Gasteiger partial charge in [-0.3, -0.25) is 14.7 Å². The quantitative estimate of drug-likeness (QED) is 0.171. The molecular weight excluding hydrogens is 552 g/mol. The molecule has 4 aromatic carbocycles. The van der Waals surface area contributed by atoms with Gasteiger partial charge < -0.3 is 4.18 Å². The molecule has 6 nitrogen and oxygen atoms in total. The van der Waals surface area contributed by atoms with Crippen LogP contribution in [0.4, 0.5) is 0 Å². The van der Waals surface area contributed by atoms with Gasteiger partial charge >= 0.3 is 10.1 Å². The Morgan fingerprint density at radius 1 is 0.821 bits per heavy atom. The molecule has 1 aliphatic rings. The Hall–Kier alpha value is -3.85. The van der Waals surface area contributed by atoms with Crippen LogP contribution in [0.15, 0.2) is 124 Å². The molecule has 0 atom stereocenters. The van der Waals surface area contributed by atoms with E-state index in [1.54, 1.807) is 35.2 Å². The molecule has 1 aliphatic heterocycles. The number of hydrogen-bond acceptors (Lipinski definition) is 6. The van der Waals surface area contributed by atoms with Crippen LogP contribution in [0, 0.1) is 0 Å². The van der Waals surface area contributed by atoms with Gasteiger partial charge in [-0.05, 0) is 59.3 Å². The predicted octanol–water partition coefficient (Wildman–Crippen LogP) is 6.78. The van der Waals surface area contributed by atoms with Gasteiger partial charge in [0.1, 0.15) is 10.6 Å². The number of aliphatic imine (C=N–C) groups is 1. The van der Waals surface area contributed by atoms with Crippen LogP contribution in [0.25, 0.3) is 6.08 Å². The van der Waals surface area contributed by atoms with Gasteiger partial charge in [0.05, 0.1) is 18.0 Å². The first kappa shape index (κ1) is 26.7. The molecule has 0 unspecified atom stereocenters. The number of halogens is 1. The molecule has 0 aromatic heterocycles. The Kier molecular flexibility index (Phi) is 8.16. The summed E-state index contributed by atoms with van der Waals surface area (Å²) in [7, 11) is -4.11. The highest BCUT2D eigenvalue weighted by Crippen LogP contribution is 2.36. The predicted molar refractivity (Wildman–Crippen MR) is 156 cm³/mol. The van der Waals surface area contributed by atoms with E-state index in [0.29, 0.717) is 33.7 Å². The number of rotatable bonds is 8. The molecule has 0 spiro atoms. The Morgan fingerprint density at radius 2 is 1.44 bits per heavy atom. The molecule has 9 heteroatoms. The SMILES string of the molecule is O=C1/C(=C\c2ccccc2OS(=O)(=O)c2ccc(Cl)cc2)SC(=NCc2ccccc2)N1Cc1ccccc1. The van der Waals surface area contributed by atoms with Crippen LogP contribution in [0.1, 0.15) is 16.7 Å².